The van der Waals surface area contributed by atoms with Gasteiger partial charge in [-0.15, -0.1) is 0 Å². The maximum absolute atomic E-state index is 11.9. The Kier molecular flexibility index (Phi) is 5.91. The van der Waals surface area contributed by atoms with Crippen molar-refractivity contribution in [2.45, 2.75) is 19.4 Å². The van der Waals surface area contributed by atoms with E-state index in [0.29, 0.717) is 24.6 Å². The molecular formula is C14H21N5O3S. The highest BCUT2D eigenvalue weighted by Crippen LogP contribution is 2.11. The number of rotatable bonds is 5. The number of hydrogen-bond donors (Lipinski definition) is 3. The first-order chi connectivity index (χ1) is 11.0. The standard InChI is InChI=1S/C14H21N5O3S/c1-2-16-14(19-12-5-7-23(21,22)10-12)17-9-13(20)18-11-4-3-6-15-8-11/h3-4,6,8,12H,2,5,7,9-10H2,1H3,(H,18,20)(H2,16,17,19). The van der Waals surface area contributed by atoms with Crippen LogP contribution in [-0.4, -0.2) is 55.9 Å². The smallest absolute Gasteiger partial charge is 0.246 e. The van der Waals surface area contributed by atoms with Crippen LogP contribution in [0.5, 0.6) is 0 Å². The van der Waals surface area contributed by atoms with E-state index in [0.717, 1.165) is 0 Å². The Hall–Kier alpha value is -2.16. The normalized spacial score (nSPS) is 20.0. The van der Waals surface area contributed by atoms with Gasteiger partial charge in [-0.3, -0.25) is 9.78 Å². The summed E-state index contributed by atoms with van der Waals surface area (Å²) in [5.41, 5.74) is 0.604. The summed E-state index contributed by atoms with van der Waals surface area (Å²) in [7, 11) is -2.96. The van der Waals surface area contributed by atoms with Gasteiger partial charge in [-0.1, -0.05) is 0 Å². The van der Waals surface area contributed by atoms with Crippen LogP contribution in [0.1, 0.15) is 13.3 Å². The Bertz CT molecular complexity index is 660. The zero-order valence-corrected chi connectivity index (χ0v) is 13.8. The maximum atomic E-state index is 11.9. The van der Waals surface area contributed by atoms with Crippen molar-refractivity contribution < 1.29 is 13.2 Å². The molecule has 1 aromatic rings. The van der Waals surface area contributed by atoms with Gasteiger partial charge in [-0.05, 0) is 25.5 Å². The molecule has 8 nitrogen and oxygen atoms in total. The highest BCUT2D eigenvalue weighted by atomic mass is 32.2. The van der Waals surface area contributed by atoms with E-state index in [1.807, 2.05) is 6.92 Å². The monoisotopic (exact) mass is 339 g/mol. The van der Waals surface area contributed by atoms with Crippen molar-refractivity contribution in [2.75, 3.05) is 29.9 Å². The average molecular weight is 339 g/mol. The topological polar surface area (TPSA) is 113 Å². The summed E-state index contributed by atoms with van der Waals surface area (Å²) in [5, 5.41) is 8.75. The molecule has 0 aromatic carbocycles. The number of carbonyl (C=O) groups excluding carboxylic acids is 1. The zero-order valence-electron chi connectivity index (χ0n) is 12.9. The number of guanidine groups is 1. The highest BCUT2D eigenvalue weighted by Gasteiger charge is 2.28. The molecule has 0 spiro atoms. The van der Waals surface area contributed by atoms with Gasteiger partial charge in [0.25, 0.3) is 0 Å². The zero-order chi connectivity index (χ0) is 16.7. The van der Waals surface area contributed by atoms with E-state index < -0.39 is 9.84 Å². The van der Waals surface area contributed by atoms with Crippen molar-refractivity contribution in [3.63, 3.8) is 0 Å². The Morgan fingerprint density at radius 3 is 2.91 bits per heavy atom. The summed E-state index contributed by atoms with van der Waals surface area (Å²) in [6.07, 6.45) is 3.72. The minimum absolute atomic E-state index is 0.0658. The summed E-state index contributed by atoms with van der Waals surface area (Å²) < 4.78 is 23.0. The van der Waals surface area contributed by atoms with Crippen molar-refractivity contribution >= 4 is 27.4 Å². The molecule has 1 aromatic heterocycles. The summed E-state index contributed by atoms with van der Waals surface area (Å²) in [5.74, 6) is 0.454. The summed E-state index contributed by atoms with van der Waals surface area (Å²) in [6, 6.07) is 3.30. The molecule has 126 valence electrons. The maximum Gasteiger partial charge on any atom is 0.246 e. The van der Waals surface area contributed by atoms with E-state index in [1.165, 1.54) is 0 Å². The summed E-state index contributed by atoms with van der Waals surface area (Å²) >= 11 is 0. The molecule has 1 atom stereocenters. The fraction of sp³-hybridized carbons (Fsp3) is 0.500. The van der Waals surface area contributed by atoms with E-state index in [9.17, 15) is 13.2 Å². The lowest BCUT2D eigenvalue weighted by molar-refractivity contribution is -0.114. The molecule has 0 aliphatic carbocycles. The molecule has 23 heavy (non-hydrogen) atoms. The number of aliphatic imine (C=N–C) groups is 1. The molecule has 0 radical (unpaired) electrons. The second-order valence-corrected chi connectivity index (χ2v) is 7.46. The van der Waals surface area contributed by atoms with E-state index >= 15 is 0 Å². The second kappa shape index (κ2) is 7.91. The Morgan fingerprint density at radius 2 is 2.30 bits per heavy atom. The van der Waals surface area contributed by atoms with Crippen LogP contribution in [0.2, 0.25) is 0 Å². The molecule has 1 amide bonds. The number of aromatic nitrogens is 1. The molecule has 1 aliphatic heterocycles. The average Bonchev–Trinajstić information content (AvgIpc) is 2.85. The van der Waals surface area contributed by atoms with Gasteiger partial charge in [0, 0.05) is 18.8 Å². The minimum Gasteiger partial charge on any atom is -0.357 e. The number of anilines is 1. The number of sulfone groups is 1. The molecule has 1 saturated heterocycles. The third kappa shape index (κ3) is 5.85. The van der Waals surface area contributed by atoms with Crippen LogP contribution in [0.15, 0.2) is 29.5 Å². The molecule has 1 unspecified atom stereocenters. The van der Waals surface area contributed by atoms with Gasteiger partial charge in [0.15, 0.2) is 15.8 Å². The van der Waals surface area contributed by atoms with E-state index in [-0.39, 0.29) is 30.0 Å². The molecule has 0 bridgehead atoms. The third-order valence-electron chi connectivity index (χ3n) is 3.24. The molecule has 9 heteroatoms. The van der Waals surface area contributed by atoms with Crippen molar-refractivity contribution in [1.29, 1.82) is 0 Å². The molecule has 3 N–H and O–H groups in total. The predicted molar refractivity (Wildman–Crippen MR) is 89.0 cm³/mol. The van der Waals surface area contributed by atoms with Crippen LogP contribution >= 0.6 is 0 Å². The van der Waals surface area contributed by atoms with Gasteiger partial charge in [0.05, 0.1) is 23.4 Å². The van der Waals surface area contributed by atoms with Crippen LogP contribution in [0.4, 0.5) is 5.69 Å². The van der Waals surface area contributed by atoms with Crippen LogP contribution in [0.3, 0.4) is 0 Å². The van der Waals surface area contributed by atoms with E-state index in [2.05, 4.69) is 25.9 Å². The lowest BCUT2D eigenvalue weighted by atomic mass is 10.3. The first-order valence-corrected chi connectivity index (χ1v) is 9.26. The lowest BCUT2D eigenvalue weighted by Gasteiger charge is -2.15. The van der Waals surface area contributed by atoms with Gasteiger partial charge < -0.3 is 16.0 Å². The number of nitrogens with one attached hydrogen (secondary N) is 3. The molecule has 2 heterocycles. The molecule has 0 saturated carbocycles. The SMILES string of the molecule is CCNC(=NCC(=O)Nc1cccnc1)NC1CCS(=O)(=O)C1. The first kappa shape index (κ1) is 17.2. The van der Waals surface area contributed by atoms with E-state index in [1.54, 1.807) is 24.5 Å². The van der Waals surface area contributed by atoms with Crippen molar-refractivity contribution in [2.24, 2.45) is 4.99 Å². The van der Waals surface area contributed by atoms with Crippen LogP contribution < -0.4 is 16.0 Å². The molecule has 1 aliphatic rings. The van der Waals surface area contributed by atoms with E-state index in [4.69, 9.17) is 0 Å². The lowest BCUT2D eigenvalue weighted by Crippen LogP contribution is -2.44. The second-order valence-electron chi connectivity index (χ2n) is 5.23. The third-order valence-corrected chi connectivity index (χ3v) is 5.01. The van der Waals surface area contributed by atoms with Gasteiger partial charge in [0.1, 0.15) is 6.54 Å². The Labute approximate surface area is 135 Å². The molecule has 1 fully saturated rings. The fourth-order valence-electron chi connectivity index (χ4n) is 2.21. The Balaban J connectivity index is 1.89. The number of pyridine rings is 1. The molecular weight excluding hydrogens is 318 g/mol. The molecule has 2 rings (SSSR count). The van der Waals surface area contributed by atoms with Gasteiger partial charge in [-0.2, -0.15) is 0 Å². The number of hydrogen-bond acceptors (Lipinski definition) is 5. The van der Waals surface area contributed by atoms with Crippen LogP contribution in [0.25, 0.3) is 0 Å². The number of nitrogens with zero attached hydrogens (tertiary/aromatic N) is 2. The quantitative estimate of drug-likeness (QED) is 0.504. The van der Waals surface area contributed by atoms with Crippen molar-refractivity contribution in [3.8, 4) is 0 Å². The highest BCUT2D eigenvalue weighted by molar-refractivity contribution is 7.91. The Morgan fingerprint density at radius 1 is 1.48 bits per heavy atom. The minimum atomic E-state index is -2.96. The largest absolute Gasteiger partial charge is 0.357 e. The fourth-order valence-corrected chi connectivity index (χ4v) is 3.88. The summed E-state index contributed by atoms with van der Waals surface area (Å²) in [4.78, 5) is 20.0. The predicted octanol–water partition coefficient (Wildman–Crippen LogP) is -0.238. The number of amides is 1. The number of carbonyl (C=O) groups is 1. The van der Waals surface area contributed by atoms with Crippen LogP contribution in [-0.2, 0) is 14.6 Å². The van der Waals surface area contributed by atoms with Crippen molar-refractivity contribution in [3.05, 3.63) is 24.5 Å². The van der Waals surface area contributed by atoms with Crippen LogP contribution in [0, 0.1) is 0 Å². The first-order valence-electron chi connectivity index (χ1n) is 7.43. The van der Waals surface area contributed by atoms with Gasteiger partial charge in [-0.25, -0.2) is 13.4 Å². The van der Waals surface area contributed by atoms with Crippen molar-refractivity contribution in [1.82, 2.24) is 15.6 Å². The van der Waals surface area contributed by atoms with Gasteiger partial charge >= 0.3 is 0 Å². The van der Waals surface area contributed by atoms with Gasteiger partial charge in [0.2, 0.25) is 5.91 Å². The summed E-state index contributed by atoms with van der Waals surface area (Å²) in [6.45, 7) is 2.46.